The molecule has 15 heavy (non-hydrogen) atoms. The van der Waals surface area contributed by atoms with E-state index >= 15 is 0 Å². The highest BCUT2D eigenvalue weighted by molar-refractivity contribution is 5.83. The molecule has 0 fully saturated rings. The minimum absolute atomic E-state index is 0.177. The van der Waals surface area contributed by atoms with Crippen LogP contribution in [0.15, 0.2) is 42.5 Å². The van der Waals surface area contributed by atoms with Gasteiger partial charge in [-0.2, -0.15) is 0 Å². The molecule has 0 aliphatic heterocycles. The molecule has 0 aliphatic carbocycles. The van der Waals surface area contributed by atoms with Gasteiger partial charge < -0.3 is 11.1 Å². The topological polar surface area (TPSA) is 55.1 Å². The molecule has 1 aromatic carbocycles. The third-order valence-electron chi connectivity index (χ3n) is 2.01. The van der Waals surface area contributed by atoms with Crippen LogP contribution in [0, 0.1) is 0 Å². The summed E-state index contributed by atoms with van der Waals surface area (Å²) >= 11 is 0. The number of rotatable bonds is 4. The number of benzene rings is 1. The summed E-state index contributed by atoms with van der Waals surface area (Å²) in [5, 5.41) is 2.72. The highest BCUT2D eigenvalue weighted by Gasteiger charge is 2.14. The van der Waals surface area contributed by atoms with Crippen molar-refractivity contribution in [1.82, 2.24) is 5.32 Å². The van der Waals surface area contributed by atoms with E-state index in [9.17, 15) is 4.79 Å². The monoisotopic (exact) mass is 204 g/mol. The molecule has 3 nitrogen and oxygen atoms in total. The lowest BCUT2D eigenvalue weighted by atomic mass is 10.1. The summed E-state index contributed by atoms with van der Waals surface area (Å²) in [6, 6.07) is 8.69. The standard InChI is InChI=1S/C12H16N2O/c1-9(2)8-14-12(15)11(13)10-6-4-3-5-7-10/h3-7,11H,1,8,13H2,2H3,(H,14,15). The average molecular weight is 204 g/mol. The summed E-state index contributed by atoms with van der Waals surface area (Å²) in [5.41, 5.74) is 7.51. The maximum atomic E-state index is 11.6. The fourth-order valence-corrected chi connectivity index (χ4v) is 1.16. The molecule has 80 valence electrons. The smallest absolute Gasteiger partial charge is 0.241 e. The van der Waals surface area contributed by atoms with Crippen LogP contribution in [0.4, 0.5) is 0 Å². The van der Waals surface area contributed by atoms with E-state index in [1.165, 1.54) is 0 Å². The van der Waals surface area contributed by atoms with Gasteiger partial charge in [-0.05, 0) is 12.5 Å². The summed E-state index contributed by atoms with van der Waals surface area (Å²) in [6.45, 7) is 6.03. The van der Waals surface area contributed by atoms with Crippen LogP contribution in [0.5, 0.6) is 0 Å². The Morgan fingerprint density at radius 1 is 1.47 bits per heavy atom. The highest BCUT2D eigenvalue weighted by Crippen LogP contribution is 2.08. The Morgan fingerprint density at radius 2 is 2.07 bits per heavy atom. The largest absolute Gasteiger partial charge is 0.351 e. The van der Waals surface area contributed by atoms with E-state index in [0.717, 1.165) is 11.1 Å². The molecule has 1 amide bonds. The van der Waals surface area contributed by atoms with Gasteiger partial charge in [0.15, 0.2) is 0 Å². The third kappa shape index (κ3) is 3.56. The summed E-state index contributed by atoms with van der Waals surface area (Å²) in [6.07, 6.45) is 0. The van der Waals surface area contributed by atoms with Gasteiger partial charge in [0.05, 0.1) is 0 Å². The Kier molecular flexibility index (Phi) is 4.06. The highest BCUT2D eigenvalue weighted by atomic mass is 16.2. The van der Waals surface area contributed by atoms with E-state index in [1.807, 2.05) is 37.3 Å². The minimum atomic E-state index is -0.606. The average Bonchev–Trinajstić information content (AvgIpc) is 2.26. The van der Waals surface area contributed by atoms with Crippen molar-refractivity contribution >= 4 is 5.91 Å². The van der Waals surface area contributed by atoms with Gasteiger partial charge in [-0.1, -0.05) is 42.5 Å². The van der Waals surface area contributed by atoms with Crippen LogP contribution in [0.25, 0.3) is 0 Å². The second-order valence-electron chi connectivity index (χ2n) is 3.56. The van der Waals surface area contributed by atoms with E-state index in [4.69, 9.17) is 5.73 Å². The van der Waals surface area contributed by atoms with Crippen LogP contribution < -0.4 is 11.1 Å². The van der Waals surface area contributed by atoms with E-state index in [0.29, 0.717) is 6.54 Å². The third-order valence-corrected chi connectivity index (χ3v) is 2.01. The van der Waals surface area contributed by atoms with Crippen molar-refractivity contribution in [2.45, 2.75) is 13.0 Å². The van der Waals surface area contributed by atoms with Crippen molar-refractivity contribution in [3.05, 3.63) is 48.0 Å². The molecule has 0 heterocycles. The molecule has 0 radical (unpaired) electrons. The second kappa shape index (κ2) is 5.32. The summed E-state index contributed by atoms with van der Waals surface area (Å²) in [7, 11) is 0. The molecule has 1 aromatic rings. The lowest BCUT2D eigenvalue weighted by molar-refractivity contribution is -0.122. The number of carbonyl (C=O) groups is 1. The van der Waals surface area contributed by atoms with Crippen molar-refractivity contribution in [3.8, 4) is 0 Å². The van der Waals surface area contributed by atoms with Gasteiger partial charge in [-0.15, -0.1) is 0 Å². The molecule has 3 heteroatoms. The number of carbonyl (C=O) groups excluding carboxylic acids is 1. The first-order valence-corrected chi connectivity index (χ1v) is 4.84. The summed E-state index contributed by atoms with van der Waals surface area (Å²) in [5.74, 6) is -0.177. The van der Waals surface area contributed by atoms with Gasteiger partial charge >= 0.3 is 0 Å². The van der Waals surface area contributed by atoms with Gasteiger partial charge in [0, 0.05) is 6.54 Å². The molecule has 0 spiro atoms. The van der Waals surface area contributed by atoms with Crippen molar-refractivity contribution < 1.29 is 4.79 Å². The van der Waals surface area contributed by atoms with Gasteiger partial charge in [-0.3, -0.25) is 4.79 Å². The normalized spacial score (nSPS) is 11.9. The van der Waals surface area contributed by atoms with Crippen LogP contribution in [0.2, 0.25) is 0 Å². The predicted molar refractivity (Wildman–Crippen MR) is 61.2 cm³/mol. The first-order valence-electron chi connectivity index (χ1n) is 4.84. The molecule has 0 saturated heterocycles. The maximum Gasteiger partial charge on any atom is 0.241 e. The Hall–Kier alpha value is -1.61. The molecular formula is C12H16N2O. The van der Waals surface area contributed by atoms with Crippen molar-refractivity contribution in [3.63, 3.8) is 0 Å². The van der Waals surface area contributed by atoms with E-state index in [2.05, 4.69) is 11.9 Å². The molecule has 1 unspecified atom stereocenters. The molecule has 0 aromatic heterocycles. The molecule has 0 saturated carbocycles. The second-order valence-corrected chi connectivity index (χ2v) is 3.56. The lowest BCUT2D eigenvalue weighted by Crippen LogP contribution is -2.34. The molecule has 0 bridgehead atoms. The zero-order valence-corrected chi connectivity index (χ0v) is 8.86. The van der Waals surface area contributed by atoms with Crippen molar-refractivity contribution in [2.75, 3.05) is 6.54 Å². The zero-order chi connectivity index (χ0) is 11.3. The molecule has 1 rings (SSSR count). The van der Waals surface area contributed by atoms with Crippen LogP contribution in [0.1, 0.15) is 18.5 Å². The quantitative estimate of drug-likeness (QED) is 0.728. The van der Waals surface area contributed by atoms with Crippen LogP contribution in [-0.2, 0) is 4.79 Å². The molecular weight excluding hydrogens is 188 g/mol. The SMILES string of the molecule is C=C(C)CNC(=O)C(N)c1ccccc1. The number of amides is 1. The Bertz CT molecular complexity index is 346. The van der Waals surface area contributed by atoms with E-state index < -0.39 is 6.04 Å². The number of nitrogens with two attached hydrogens (primary N) is 1. The minimum Gasteiger partial charge on any atom is -0.351 e. The molecule has 0 aliphatic rings. The lowest BCUT2D eigenvalue weighted by Gasteiger charge is -2.12. The maximum absolute atomic E-state index is 11.6. The number of nitrogens with one attached hydrogen (secondary N) is 1. The fraction of sp³-hybridized carbons (Fsp3) is 0.250. The molecule has 3 N–H and O–H groups in total. The Morgan fingerprint density at radius 3 is 2.60 bits per heavy atom. The van der Waals surface area contributed by atoms with Gasteiger partial charge in [0.2, 0.25) is 5.91 Å². The van der Waals surface area contributed by atoms with Gasteiger partial charge in [0.1, 0.15) is 6.04 Å². The fourth-order valence-electron chi connectivity index (χ4n) is 1.16. The zero-order valence-electron chi connectivity index (χ0n) is 8.86. The number of hydrogen-bond donors (Lipinski definition) is 2. The van der Waals surface area contributed by atoms with Gasteiger partial charge in [-0.25, -0.2) is 0 Å². The summed E-state index contributed by atoms with van der Waals surface area (Å²) < 4.78 is 0. The summed E-state index contributed by atoms with van der Waals surface area (Å²) in [4.78, 5) is 11.6. The van der Waals surface area contributed by atoms with E-state index in [-0.39, 0.29) is 5.91 Å². The van der Waals surface area contributed by atoms with E-state index in [1.54, 1.807) is 0 Å². The first kappa shape index (κ1) is 11.5. The van der Waals surface area contributed by atoms with Crippen LogP contribution in [-0.4, -0.2) is 12.5 Å². The van der Waals surface area contributed by atoms with Gasteiger partial charge in [0.25, 0.3) is 0 Å². The van der Waals surface area contributed by atoms with Crippen LogP contribution >= 0.6 is 0 Å². The van der Waals surface area contributed by atoms with Crippen LogP contribution in [0.3, 0.4) is 0 Å². The van der Waals surface area contributed by atoms with Crippen molar-refractivity contribution in [1.29, 1.82) is 0 Å². The number of hydrogen-bond acceptors (Lipinski definition) is 2. The predicted octanol–water partition coefficient (Wildman–Crippen LogP) is 1.38. The molecule has 1 atom stereocenters. The van der Waals surface area contributed by atoms with Crippen molar-refractivity contribution in [2.24, 2.45) is 5.73 Å². The Labute approximate surface area is 90.0 Å². The first-order chi connectivity index (χ1) is 7.11. The Balaban J connectivity index is 2.57.